The Balaban J connectivity index is 2.39. The molecule has 4 nitrogen and oxygen atoms in total. The number of aromatic nitrogens is 2. The van der Waals surface area contributed by atoms with Crippen LogP contribution < -0.4 is 11.3 Å². The molecule has 0 aliphatic carbocycles. The highest BCUT2D eigenvalue weighted by molar-refractivity contribution is 5.73. The zero-order valence-corrected chi connectivity index (χ0v) is 10.9. The number of hydrazine groups is 1. The second kappa shape index (κ2) is 5.89. The molecule has 1 aromatic carbocycles. The molecule has 0 radical (unpaired) electrons. The van der Waals surface area contributed by atoms with E-state index in [1.165, 1.54) is 0 Å². The number of rotatable bonds is 5. The van der Waals surface area contributed by atoms with Crippen LogP contribution in [0.5, 0.6) is 0 Å². The first-order valence-corrected chi connectivity index (χ1v) is 6.48. The third-order valence-corrected chi connectivity index (χ3v) is 3.49. The number of nitrogens with two attached hydrogens (primary N) is 1. The van der Waals surface area contributed by atoms with Crippen molar-refractivity contribution in [3.8, 4) is 0 Å². The smallest absolute Gasteiger partial charge is 0.0890 e. The maximum absolute atomic E-state index is 5.68. The van der Waals surface area contributed by atoms with E-state index >= 15 is 0 Å². The van der Waals surface area contributed by atoms with Crippen molar-refractivity contribution >= 4 is 11.0 Å². The molecular weight excluding hydrogens is 224 g/mol. The number of hydrogen-bond acceptors (Lipinski definition) is 4. The molecule has 2 rings (SSSR count). The predicted molar refractivity (Wildman–Crippen MR) is 73.7 cm³/mol. The van der Waals surface area contributed by atoms with Gasteiger partial charge in [0.2, 0.25) is 0 Å². The Bertz CT molecular complexity index is 508. The monoisotopic (exact) mass is 244 g/mol. The molecule has 1 unspecified atom stereocenters. The Kier molecular flexibility index (Phi) is 4.23. The van der Waals surface area contributed by atoms with Gasteiger partial charge in [0.25, 0.3) is 0 Å². The molecule has 1 aromatic heterocycles. The Labute approximate surface area is 108 Å². The number of nitrogens with zero attached hydrogens (tertiary/aromatic N) is 2. The summed E-state index contributed by atoms with van der Waals surface area (Å²) < 4.78 is 0. The maximum atomic E-state index is 5.68. The van der Waals surface area contributed by atoms with Crippen LogP contribution in [0.25, 0.3) is 11.0 Å². The molecular formula is C14H20N4. The zero-order chi connectivity index (χ0) is 13.0. The fourth-order valence-electron chi connectivity index (χ4n) is 2.34. The summed E-state index contributed by atoms with van der Waals surface area (Å²) in [6, 6.07) is 7.96. The second-order valence-electron chi connectivity index (χ2n) is 4.50. The summed E-state index contributed by atoms with van der Waals surface area (Å²) in [6.07, 6.45) is 3.96. The minimum Gasteiger partial charge on any atom is -0.271 e. The van der Waals surface area contributed by atoms with E-state index in [1.807, 2.05) is 30.5 Å². The van der Waals surface area contributed by atoms with Crippen molar-refractivity contribution in [2.24, 2.45) is 11.8 Å². The third kappa shape index (κ3) is 2.49. The number of hydrogen-bond donors (Lipinski definition) is 2. The first-order chi connectivity index (χ1) is 8.80. The fourth-order valence-corrected chi connectivity index (χ4v) is 2.34. The fraction of sp³-hybridized carbons (Fsp3) is 0.429. The topological polar surface area (TPSA) is 63.8 Å². The average Bonchev–Trinajstić information content (AvgIpc) is 2.44. The van der Waals surface area contributed by atoms with E-state index in [-0.39, 0.29) is 6.04 Å². The first kappa shape index (κ1) is 12.9. The molecule has 0 aliphatic heterocycles. The number of nitrogens with one attached hydrogen (secondary N) is 1. The summed E-state index contributed by atoms with van der Waals surface area (Å²) >= 11 is 0. The van der Waals surface area contributed by atoms with Crippen LogP contribution in [-0.2, 0) is 0 Å². The third-order valence-electron chi connectivity index (χ3n) is 3.49. The molecule has 0 aliphatic rings. The molecule has 0 fully saturated rings. The van der Waals surface area contributed by atoms with Crippen molar-refractivity contribution < 1.29 is 0 Å². The average molecular weight is 244 g/mol. The molecule has 1 heterocycles. The van der Waals surface area contributed by atoms with Gasteiger partial charge in [0.05, 0.1) is 29.0 Å². The molecule has 0 saturated heterocycles. The molecule has 0 spiro atoms. The number of para-hydroxylation sites is 2. The molecule has 18 heavy (non-hydrogen) atoms. The van der Waals surface area contributed by atoms with Crippen LogP contribution in [0.3, 0.4) is 0 Å². The van der Waals surface area contributed by atoms with Crippen LogP contribution in [-0.4, -0.2) is 9.97 Å². The van der Waals surface area contributed by atoms with E-state index in [0.717, 1.165) is 29.6 Å². The quantitative estimate of drug-likeness (QED) is 0.626. The van der Waals surface area contributed by atoms with Gasteiger partial charge in [-0.2, -0.15) is 0 Å². The van der Waals surface area contributed by atoms with Gasteiger partial charge in [-0.1, -0.05) is 38.8 Å². The van der Waals surface area contributed by atoms with Crippen molar-refractivity contribution in [2.75, 3.05) is 0 Å². The summed E-state index contributed by atoms with van der Waals surface area (Å²) in [5, 5.41) is 0. The summed E-state index contributed by atoms with van der Waals surface area (Å²) in [5.74, 6) is 6.16. The zero-order valence-electron chi connectivity index (χ0n) is 10.9. The normalized spacial score (nSPS) is 13.1. The Morgan fingerprint density at radius 3 is 2.44 bits per heavy atom. The van der Waals surface area contributed by atoms with E-state index < -0.39 is 0 Å². The highest BCUT2D eigenvalue weighted by atomic mass is 15.2. The van der Waals surface area contributed by atoms with Crippen LogP contribution in [0.2, 0.25) is 0 Å². The largest absolute Gasteiger partial charge is 0.271 e. The van der Waals surface area contributed by atoms with Gasteiger partial charge < -0.3 is 0 Å². The summed E-state index contributed by atoms with van der Waals surface area (Å²) in [4.78, 5) is 9.10. The van der Waals surface area contributed by atoms with Crippen LogP contribution in [0.4, 0.5) is 0 Å². The second-order valence-corrected chi connectivity index (χ2v) is 4.50. The van der Waals surface area contributed by atoms with Gasteiger partial charge in [0.15, 0.2) is 0 Å². The molecule has 3 N–H and O–H groups in total. The highest BCUT2D eigenvalue weighted by Gasteiger charge is 2.20. The van der Waals surface area contributed by atoms with Gasteiger partial charge in [-0.15, -0.1) is 0 Å². The lowest BCUT2D eigenvalue weighted by Crippen LogP contribution is -2.34. The van der Waals surface area contributed by atoms with Crippen molar-refractivity contribution in [1.82, 2.24) is 15.4 Å². The SMILES string of the molecule is CCC(CC)C(NN)c1cnc2ccccc2n1. The molecule has 2 aromatic rings. The Hall–Kier alpha value is -1.52. The van der Waals surface area contributed by atoms with Crippen molar-refractivity contribution in [3.63, 3.8) is 0 Å². The van der Waals surface area contributed by atoms with E-state index in [9.17, 15) is 0 Å². The molecule has 0 saturated carbocycles. The van der Waals surface area contributed by atoms with Gasteiger partial charge in [-0.05, 0) is 18.1 Å². The van der Waals surface area contributed by atoms with E-state index in [1.54, 1.807) is 0 Å². The molecule has 4 heteroatoms. The standard InChI is InChI=1S/C14H20N4/c1-3-10(4-2)14(18-15)13-9-16-11-7-5-6-8-12(11)17-13/h5-10,14,18H,3-4,15H2,1-2H3. The summed E-state index contributed by atoms with van der Waals surface area (Å²) in [5.41, 5.74) is 5.64. The predicted octanol–water partition coefficient (Wildman–Crippen LogP) is 2.57. The lowest BCUT2D eigenvalue weighted by atomic mass is 9.92. The van der Waals surface area contributed by atoms with Crippen molar-refractivity contribution in [2.45, 2.75) is 32.7 Å². The van der Waals surface area contributed by atoms with Crippen LogP contribution >= 0.6 is 0 Å². The molecule has 1 atom stereocenters. The number of benzene rings is 1. The first-order valence-electron chi connectivity index (χ1n) is 6.48. The van der Waals surface area contributed by atoms with Gasteiger partial charge >= 0.3 is 0 Å². The van der Waals surface area contributed by atoms with Gasteiger partial charge in [0, 0.05) is 0 Å². The van der Waals surface area contributed by atoms with Crippen LogP contribution in [0.1, 0.15) is 38.4 Å². The lowest BCUT2D eigenvalue weighted by Gasteiger charge is -2.23. The van der Waals surface area contributed by atoms with Crippen molar-refractivity contribution in [1.29, 1.82) is 0 Å². The Morgan fingerprint density at radius 1 is 1.17 bits per heavy atom. The van der Waals surface area contributed by atoms with Gasteiger partial charge in [-0.25, -0.2) is 4.98 Å². The van der Waals surface area contributed by atoms with E-state index in [2.05, 4.69) is 29.2 Å². The summed E-state index contributed by atoms with van der Waals surface area (Å²) in [6.45, 7) is 4.35. The van der Waals surface area contributed by atoms with E-state index in [4.69, 9.17) is 5.84 Å². The summed E-state index contributed by atoms with van der Waals surface area (Å²) in [7, 11) is 0. The molecule has 96 valence electrons. The van der Waals surface area contributed by atoms with Crippen molar-refractivity contribution in [3.05, 3.63) is 36.2 Å². The maximum Gasteiger partial charge on any atom is 0.0890 e. The van der Waals surface area contributed by atoms with Crippen LogP contribution in [0.15, 0.2) is 30.5 Å². The van der Waals surface area contributed by atoms with Gasteiger partial charge in [-0.3, -0.25) is 16.3 Å². The van der Waals surface area contributed by atoms with E-state index in [0.29, 0.717) is 5.92 Å². The Morgan fingerprint density at radius 2 is 1.83 bits per heavy atom. The van der Waals surface area contributed by atoms with Gasteiger partial charge in [0.1, 0.15) is 0 Å². The highest BCUT2D eigenvalue weighted by Crippen LogP contribution is 2.25. The minimum atomic E-state index is 0.0668. The molecule has 0 bridgehead atoms. The molecule has 0 amide bonds. The lowest BCUT2D eigenvalue weighted by molar-refractivity contribution is 0.339. The minimum absolute atomic E-state index is 0.0668. The number of fused-ring (bicyclic) bond motifs is 1. The van der Waals surface area contributed by atoms with Crippen LogP contribution in [0, 0.1) is 5.92 Å².